The first-order valence-corrected chi connectivity index (χ1v) is 6.28. The molecule has 1 unspecified atom stereocenters. The molecule has 2 aromatic heterocycles. The van der Waals surface area contributed by atoms with Gasteiger partial charge in [-0.25, -0.2) is 0 Å². The fourth-order valence-electron chi connectivity index (χ4n) is 2.15. The Balaban J connectivity index is 1.62. The second-order valence-electron chi connectivity index (χ2n) is 4.16. The van der Waals surface area contributed by atoms with E-state index < -0.39 is 0 Å². The Hall–Kier alpha value is -1.21. The minimum Gasteiger partial charge on any atom is -0.343 e. The van der Waals surface area contributed by atoms with Crippen molar-refractivity contribution < 1.29 is 4.52 Å². The van der Waals surface area contributed by atoms with Crippen LogP contribution in [0.2, 0.25) is 0 Å². The molecule has 2 aromatic rings. The zero-order valence-electron chi connectivity index (χ0n) is 9.16. The highest BCUT2D eigenvalue weighted by molar-refractivity contribution is 9.10. The van der Waals surface area contributed by atoms with Crippen LogP contribution >= 0.6 is 15.9 Å². The van der Waals surface area contributed by atoms with Gasteiger partial charge in [-0.1, -0.05) is 5.16 Å². The third-order valence-corrected chi connectivity index (χ3v) is 3.37. The van der Waals surface area contributed by atoms with Crippen LogP contribution < -0.4 is 0 Å². The highest BCUT2D eigenvalue weighted by atomic mass is 79.9. The molecule has 0 N–H and O–H groups in total. The molecule has 3 rings (SSSR count). The summed E-state index contributed by atoms with van der Waals surface area (Å²) in [5.41, 5.74) is 0. The van der Waals surface area contributed by atoms with E-state index in [0.717, 1.165) is 36.4 Å². The summed E-state index contributed by atoms with van der Waals surface area (Å²) in [5, 5.41) is 8.15. The van der Waals surface area contributed by atoms with E-state index in [2.05, 4.69) is 36.1 Å². The molecule has 90 valence electrons. The number of hydrogen-bond acceptors (Lipinski definition) is 5. The van der Waals surface area contributed by atoms with Crippen LogP contribution in [0.5, 0.6) is 0 Å². The molecular weight excluding hydrogens is 286 g/mol. The molecule has 3 heterocycles. The molecule has 1 saturated heterocycles. The fourth-order valence-corrected chi connectivity index (χ4v) is 2.45. The van der Waals surface area contributed by atoms with Crippen LogP contribution in [0.25, 0.3) is 0 Å². The molecule has 6 nitrogen and oxygen atoms in total. The Bertz CT molecular complexity index is 483. The minimum atomic E-state index is 0.438. The molecule has 0 saturated carbocycles. The average Bonchev–Trinajstić information content (AvgIpc) is 2.99. The van der Waals surface area contributed by atoms with Crippen molar-refractivity contribution in [3.63, 3.8) is 0 Å². The van der Waals surface area contributed by atoms with E-state index >= 15 is 0 Å². The van der Waals surface area contributed by atoms with E-state index in [1.807, 2.05) is 17.1 Å². The maximum absolute atomic E-state index is 4.73. The monoisotopic (exact) mass is 297 g/mol. The Morgan fingerprint density at radius 3 is 3.18 bits per heavy atom. The van der Waals surface area contributed by atoms with Gasteiger partial charge in [-0.2, -0.15) is 10.1 Å². The van der Waals surface area contributed by atoms with Crippen LogP contribution in [-0.2, 0) is 6.54 Å². The first-order valence-electron chi connectivity index (χ1n) is 5.48. The van der Waals surface area contributed by atoms with Gasteiger partial charge in [-0.15, -0.1) is 0 Å². The Labute approximate surface area is 107 Å². The zero-order valence-corrected chi connectivity index (χ0v) is 10.7. The number of rotatable bonds is 3. The van der Waals surface area contributed by atoms with Crippen molar-refractivity contribution in [3.8, 4) is 0 Å². The van der Waals surface area contributed by atoms with Crippen LogP contribution in [0.1, 0.15) is 18.3 Å². The lowest BCUT2D eigenvalue weighted by molar-refractivity contribution is 0.296. The lowest BCUT2D eigenvalue weighted by atomic mass is 10.3. The van der Waals surface area contributed by atoms with E-state index in [0.29, 0.717) is 6.04 Å². The first kappa shape index (κ1) is 10.9. The van der Waals surface area contributed by atoms with Gasteiger partial charge in [-0.3, -0.25) is 9.58 Å². The Kier molecular flexibility index (Phi) is 2.94. The summed E-state index contributed by atoms with van der Waals surface area (Å²) in [4.78, 5) is 6.34. The molecule has 0 amide bonds. The highest BCUT2D eigenvalue weighted by Gasteiger charge is 2.25. The van der Waals surface area contributed by atoms with Crippen molar-refractivity contribution in [1.82, 2.24) is 24.8 Å². The topological polar surface area (TPSA) is 60.0 Å². The molecule has 0 spiro atoms. The number of hydrogen-bond donors (Lipinski definition) is 0. The van der Waals surface area contributed by atoms with E-state index in [1.54, 1.807) is 0 Å². The van der Waals surface area contributed by atoms with E-state index in [-0.39, 0.29) is 0 Å². The van der Waals surface area contributed by atoms with Gasteiger partial charge in [0.1, 0.15) is 0 Å². The van der Waals surface area contributed by atoms with Gasteiger partial charge in [0, 0.05) is 19.3 Å². The second-order valence-corrected chi connectivity index (χ2v) is 5.08. The number of likely N-dealkylation sites (tertiary alicyclic amines) is 1. The summed E-state index contributed by atoms with van der Waals surface area (Å²) >= 11 is 3.41. The standard InChI is InChI=1S/C10H12BrN5O/c11-8-3-13-16(4-8)9-1-2-15(5-9)6-10-12-7-17-14-10/h3-4,7,9H,1-2,5-6H2. The highest BCUT2D eigenvalue weighted by Crippen LogP contribution is 2.23. The van der Waals surface area contributed by atoms with E-state index in [4.69, 9.17) is 4.52 Å². The number of nitrogens with zero attached hydrogens (tertiary/aromatic N) is 5. The van der Waals surface area contributed by atoms with E-state index in [1.165, 1.54) is 6.39 Å². The van der Waals surface area contributed by atoms with Crippen molar-refractivity contribution in [1.29, 1.82) is 0 Å². The summed E-state index contributed by atoms with van der Waals surface area (Å²) in [5.74, 6) is 0.743. The summed E-state index contributed by atoms with van der Waals surface area (Å²) in [6.07, 6.45) is 6.31. The number of aromatic nitrogens is 4. The van der Waals surface area contributed by atoms with Crippen molar-refractivity contribution >= 4 is 15.9 Å². The number of halogens is 1. The summed E-state index contributed by atoms with van der Waals surface area (Å²) in [6.45, 7) is 2.76. The molecule has 17 heavy (non-hydrogen) atoms. The third kappa shape index (κ3) is 2.39. The summed E-state index contributed by atoms with van der Waals surface area (Å²) in [7, 11) is 0. The summed E-state index contributed by atoms with van der Waals surface area (Å²) < 4.78 is 7.76. The Morgan fingerprint density at radius 2 is 2.47 bits per heavy atom. The second kappa shape index (κ2) is 4.58. The Morgan fingerprint density at radius 1 is 1.53 bits per heavy atom. The quantitative estimate of drug-likeness (QED) is 0.859. The van der Waals surface area contributed by atoms with Crippen molar-refractivity contribution in [3.05, 3.63) is 29.1 Å². The van der Waals surface area contributed by atoms with Crippen molar-refractivity contribution in [2.45, 2.75) is 19.0 Å². The molecule has 1 aliphatic rings. The predicted octanol–water partition coefficient (Wildman–Crippen LogP) is 1.48. The van der Waals surface area contributed by atoms with Crippen LogP contribution in [0.3, 0.4) is 0 Å². The van der Waals surface area contributed by atoms with Gasteiger partial charge in [0.2, 0.25) is 6.39 Å². The first-order chi connectivity index (χ1) is 8.31. The van der Waals surface area contributed by atoms with Gasteiger partial charge in [0.05, 0.1) is 23.3 Å². The smallest absolute Gasteiger partial charge is 0.213 e. The fraction of sp³-hybridized carbons (Fsp3) is 0.500. The van der Waals surface area contributed by atoms with Crippen LogP contribution in [-0.4, -0.2) is 37.9 Å². The van der Waals surface area contributed by atoms with Gasteiger partial charge in [-0.05, 0) is 22.4 Å². The maximum atomic E-state index is 4.73. The van der Waals surface area contributed by atoms with Crippen molar-refractivity contribution in [2.75, 3.05) is 13.1 Å². The molecule has 1 aliphatic heterocycles. The summed E-state index contributed by atoms with van der Waals surface area (Å²) in [6, 6.07) is 0.438. The van der Waals surface area contributed by atoms with Crippen LogP contribution in [0, 0.1) is 0 Å². The van der Waals surface area contributed by atoms with E-state index in [9.17, 15) is 0 Å². The van der Waals surface area contributed by atoms with Gasteiger partial charge >= 0.3 is 0 Å². The lowest BCUT2D eigenvalue weighted by Gasteiger charge is -2.13. The third-order valence-electron chi connectivity index (χ3n) is 2.96. The molecule has 1 fully saturated rings. The average molecular weight is 298 g/mol. The predicted molar refractivity (Wildman–Crippen MR) is 63.2 cm³/mol. The van der Waals surface area contributed by atoms with Crippen LogP contribution in [0.4, 0.5) is 0 Å². The molecule has 7 heteroatoms. The normalized spacial score (nSPS) is 21.1. The van der Waals surface area contributed by atoms with Crippen molar-refractivity contribution in [2.24, 2.45) is 0 Å². The molecule has 0 bridgehead atoms. The lowest BCUT2D eigenvalue weighted by Crippen LogP contribution is -2.22. The molecule has 1 atom stereocenters. The maximum Gasteiger partial charge on any atom is 0.213 e. The molecule has 0 aromatic carbocycles. The molecular formula is C10H12BrN5O. The zero-order chi connectivity index (χ0) is 11.7. The molecule has 0 aliphatic carbocycles. The molecule has 0 radical (unpaired) electrons. The van der Waals surface area contributed by atoms with Crippen LogP contribution in [0.15, 0.2) is 27.8 Å². The van der Waals surface area contributed by atoms with Gasteiger partial charge in [0.25, 0.3) is 0 Å². The largest absolute Gasteiger partial charge is 0.343 e. The minimum absolute atomic E-state index is 0.438. The van der Waals surface area contributed by atoms with Gasteiger partial charge in [0.15, 0.2) is 5.82 Å². The SMILES string of the molecule is Brc1cnn(C2CCN(Cc3ncon3)C2)c1. The van der Waals surface area contributed by atoms with Gasteiger partial charge < -0.3 is 4.52 Å².